The van der Waals surface area contributed by atoms with Gasteiger partial charge in [0.25, 0.3) is 0 Å². The summed E-state index contributed by atoms with van der Waals surface area (Å²) in [6, 6.07) is 0. The number of aliphatic hydroxyl groups excluding tert-OH is 1. The first-order chi connectivity index (χ1) is 3.77. The predicted octanol–water partition coefficient (Wildman–Crippen LogP) is -0.825. The zero-order chi connectivity index (χ0) is 6.41. The first-order valence-corrected chi connectivity index (χ1v) is 3.31. The van der Waals surface area contributed by atoms with Gasteiger partial charge in [-0.2, -0.15) is 0 Å². The summed E-state index contributed by atoms with van der Waals surface area (Å²) in [6.45, 7) is 0.00347. The summed E-state index contributed by atoms with van der Waals surface area (Å²) in [5.74, 6) is -0.222. The van der Waals surface area contributed by atoms with Crippen molar-refractivity contribution in [2.45, 2.75) is 0 Å². The van der Waals surface area contributed by atoms with E-state index in [1.807, 2.05) is 0 Å². The third kappa shape index (κ3) is 6.03. The molecule has 0 heterocycles. The highest BCUT2D eigenvalue weighted by Gasteiger charge is 1.89. The summed E-state index contributed by atoms with van der Waals surface area (Å²) in [6.07, 6.45) is 0. The number of aliphatic hydroxyl groups is 1. The highest BCUT2D eigenvalue weighted by atomic mass is 32.2. The Kier molecular flexibility index (Phi) is 5.19. The molecule has 0 aromatic carbocycles. The van der Waals surface area contributed by atoms with Crippen LogP contribution in [-0.4, -0.2) is 33.0 Å². The zero-order valence-corrected chi connectivity index (χ0v) is 5.06. The molecule has 4 nitrogen and oxygen atoms in total. The molecule has 1 atom stereocenters. The van der Waals surface area contributed by atoms with E-state index in [2.05, 4.69) is 4.74 Å². The van der Waals surface area contributed by atoms with Crippen LogP contribution in [0.2, 0.25) is 0 Å². The summed E-state index contributed by atoms with van der Waals surface area (Å²) in [7, 11) is 0. The van der Waals surface area contributed by atoms with Crippen LogP contribution in [0.15, 0.2) is 0 Å². The van der Waals surface area contributed by atoms with Gasteiger partial charge in [-0.15, -0.1) is 0 Å². The third-order valence-corrected chi connectivity index (χ3v) is 0.788. The molecule has 8 heavy (non-hydrogen) atoms. The Balaban J connectivity index is 2.82. The molecular formula is C3H8O4S. The molecule has 0 saturated heterocycles. The summed E-state index contributed by atoms with van der Waals surface area (Å²) in [4.78, 5) is 0. The lowest BCUT2D eigenvalue weighted by molar-refractivity contribution is 0.121. The molecule has 0 saturated carbocycles. The maximum Gasteiger partial charge on any atom is 0.179 e. The van der Waals surface area contributed by atoms with E-state index >= 15 is 0 Å². The van der Waals surface area contributed by atoms with Gasteiger partial charge in [0.05, 0.1) is 13.2 Å². The molecule has 0 aliphatic rings. The molecule has 2 N–H and O–H groups in total. The second-order valence-electron chi connectivity index (χ2n) is 1.07. The quantitative estimate of drug-likeness (QED) is 0.395. The van der Waals surface area contributed by atoms with E-state index in [1.165, 1.54) is 0 Å². The van der Waals surface area contributed by atoms with E-state index in [0.717, 1.165) is 0 Å². The van der Waals surface area contributed by atoms with E-state index in [9.17, 15) is 4.21 Å². The molecule has 5 heteroatoms. The molecule has 0 aliphatic heterocycles. The minimum Gasteiger partial charge on any atom is -0.394 e. The summed E-state index contributed by atoms with van der Waals surface area (Å²) < 4.78 is 22.3. The minimum atomic E-state index is -1.90. The smallest absolute Gasteiger partial charge is 0.179 e. The Morgan fingerprint density at radius 3 is 2.62 bits per heavy atom. The van der Waals surface area contributed by atoms with E-state index in [-0.39, 0.29) is 19.2 Å². The molecule has 0 bridgehead atoms. The SMILES string of the molecule is O=S(O)COCCO. The first-order valence-electron chi connectivity index (χ1n) is 2.03. The zero-order valence-electron chi connectivity index (χ0n) is 4.24. The van der Waals surface area contributed by atoms with Crippen molar-refractivity contribution in [1.29, 1.82) is 0 Å². The average molecular weight is 140 g/mol. The fourth-order valence-electron chi connectivity index (χ4n) is 0.195. The van der Waals surface area contributed by atoms with Crippen molar-refractivity contribution in [2.75, 3.05) is 19.2 Å². The monoisotopic (exact) mass is 140 g/mol. The van der Waals surface area contributed by atoms with Crippen molar-refractivity contribution in [2.24, 2.45) is 0 Å². The largest absolute Gasteiger partial charge is 0.394 e. The van der Waals surface area contributed by atoms with Crippen molar-refractivity contribution in [3.63, 3.8) is 0 Å². The van der Waals surface area contributed by atoms with E-state index in [1.54, 1.807) is 0 Å². The number of rotatable bonds is 4. The van der Waals surface area contributed by atoms with Gasteiger partial charge in [0.1, 0.15) is 5.94 Å². The maximum atomic E-state index is 9.78. The van der Waals surface area contributed by atoms with Gasteiger partial charge >= 0.3 is 0 Å². The van der Waals surface area contributed by atoms with Gasteiger partial charge in [-0.1, -0.05) is 0 Å². The van der Waals surface area contributed by atoms with Crippen molar-refractivity contribution in [3.05, 3.63) is 0 Å². The van der Waals surface area contributed by atoms with E-state index in [4.69, 9.17) is 9.66 Å². The maximum absolute atomic E-state index is 9.78. The van der Waals surface area contributed by atoms with Gasteiger partial charge in [-0.3, -0.25) is 0 Å². The minimum absolute atomic E-state index is 0.114. The summed E-state index contributed by atoms with van der Waals surface area (Å²) >= 11 is -1.90. The van der Waals surface area contributed by atoms with E-state index < -0.39 is 11.1 Å². The van der Waals surface area contributed by atoms with E-state index in [0.29, 0.717) is 0 Å². The molecule has 1 unspecified atom stereocenters. The predicted molar refractivity (Wildman–Crippen MR) is 28.7 cm³/mol. The number of hydrogen-bond acceptors (Lipinski definition) is 3. The lowest BCUT2D eigenvalue weighted by atomic mass is 10.8. The van der Waals surface area contributed by atoms with Crippen LogP contribution in [0.25, 0.3) is 0 Å². The molecule has 0 aliphatic carbocycles. The summed E-state index contributed by atoms with van der Waals surface area (Å²) in [5.41, 5.74) is 0. The number of ether oxygens (including phenoxy) is 1. The van der Waals surface area contributed by atoms with Gasteiger partial charge in [0.15, 0.2) is 11.1 Å². The van der Waals surface area contributed by atoms with Crippen LogP contribution in [0.1, 0.15) is 0 Å². The molecule has 0 amide bonds. The summed E-state index contributed by atoms with van der Waals surface area (Å²) in [5, 5.41) is 8.07. The Labute approximate surface area is 49.8 Å². The highest BCUT2D eigenvalue weighted by molar-refractivity contribution is 7.79. The molecule has 0 fully saturated rings. The van der Waals surface area contributed by atoms with Crippen molar-refractivity contribution in [3.8, 4) is 0 Å². The van der Waals surface area contributed by atoms with Crippen LogP contribution < -0.4 is 0 Å². The van der Waals surface area contributed by atoms with Crippen LogP contribution in [0, 0.1) is 0 Å². The fraction of sp³-hybridized carbons (Fsp3) is 1.00. The van der Waals surface area contributed by atoms with Crippen LogP contribution in [0.4, 0.5) is 0 Å². The highest BCUT2D eigenvalue weighted by Crippen LogP contribution is 1.75. The van der Waals surface area contributed by atoms with Crippen LogP contribution in [0.3, 0.4) is 0 Å². The lowest BCUT2D eigenvalue weighted by Gasteiger charge is -1.94. The second kappa shape index (κ2) is 5.17. The Morgan fingerprint density at radius 1 is 1.62 bits per heavy atom. The number of hydrogen-bond donors (Lipinski definition) is 2. The molecule has 0 radical (unpaired) electrons. The Morgan fingerprint density at radius 2 is 2.25 bits per heavy atom. The van der Waals surface area contributed by atoms with Crippen molar-refractivity contribution < 1.29 is 18.6 Å². The van der Waals surface area contributed by atoms with Crippen LogP contribution in [-0.2, 0) is 15.8 Å². The Hall–Kier alpha value is 0.0300. The Bertz CT molecular complexity index is 73.7. The van der Waals surface area contributed by atoms with Gasteiger partial charge in [-0.05, 0) is 0 Å². The van der Waals surface area contributed by atoms with Gasteiger partial charge in [-0.25, -0.2) is 4.21 Å². The third-order valence-electron chi connectivity index (χ3n) is 0.420. The van der Waals surface area contributed by atoms with Gasteiger partial charge in [0, 0.05) is 0 Å². The van der Waals surface area contributed by atoms with Gasteiger partial charge in [0.2, 0.25) is 0 Å². The first kappa shape index (κ1) is 8.03. The van der Waals surface area contributed by atoms with Crippen LogP contribution >= 0.6 is 0 Å². The normalized spacial score (nSPS) is 13.8. The molecular weight excluding hydrogens is 132 g/mol. The van der Waals surface area contributed by atoms with Gasteiger partial charge < -0.3 is 14.4 Å². The van der Waals surface area contributed by atoms with Crippen LogP contribution in [0.5, 0.6) is 0 Å². The van der Waals surface area contributed by atoms with Crippen molar-refractivity contribution >= 4 is 11.1 Å². The molecule has 0 aromatic heterocycles. The second-order valence-corrected chi connectivity index (χ2v) is 1.95. The fourth-order valence-corrected chi connectivity index (χ4v) is 0.455. The average Bonchev–Trinajstić information content (AvgIpc) is 1.66. The topological polar surface area (TPSA) is 66.8 Å². The standard InChI is InChI=1S/C3H8O4S/c4-1-2-7-3-8(5)6/h4H,1-3H2,(H,5,6). The molecule has 0 rings (SSSR count). The van der Waals surface area contributed by atoms with Crippen molar-refractivity contribution in [1.82, 2.24) is 0 Å². The molecule has 50 valence electrons. The molecule has 0 aromatic rings. The molecule has 0 spiro atoms. The lowest BCUT2D eigenvalue weighted by Crippen LogP contribution is -2.04.